The molecule has 2 atom stereocenters. The monoisotopic (exact) mass is 324 g/mol. The molecule has 1 saturated heterocycles. The molecule has 2 N–H and O–H groups in total. The van der Waals surface area contributed by atoms with Crippen molar-refractivity contribution < 1.29 is 8.42 Å². The Labute approximate surface area is 134 Å². The summed E-state index contributed by atoms with van der Waals surface area (Å²) in [7, 11) is -3.49. The molecule has 124 valence electrons. The molecule has 0 spiro atoms. The summed E-state index contributed by atoms with van der Waals surface area (Å²) in [4.78, 5) is 0.459. The summed E-state index contributed by atoms with van der Waals surface area (Å²) >= 11 is 0. The molecule has 4 nitrogen and oxygen atoms in total. The first-order valence-electron chi connectivity index (χ1n) is 8.04. The zero-order valence-electron chi connectivity index (χ0n) is 14.3. The molecule has 2 unspecified atom stereocenters. The summed E-state index contributed by atoms with van der Waals surface area (Å²) in [6.07, 6.45) is 2.18. The van der Waals surface area contributed by atoms with Crippen molar-refractivity contribution in [1.29, 1.82) is 0 Å². The van der Waals surface area contributed by atoms with E-state index in [0.717, 1.165) is 48.2 Å². The zero-order valence-corrected chi connectivity index (χ0v) is 15.1. The first-order chi connectivity index (χ1) is 10.2. The van der Waals surface area contributed by atoms with Crippen LogP contribution in [0, 0.1) is 33.6 Å². The van der Waals surface area contributed by atoms with Crippen molar-refractivity contribution in [2.24, 2.45) is 5.92 Å². The Hall–Kier alpha value is -0.910. The van der Waals surface area contributed by atoms with Crippen molar-refractivity contribution >= 4 is 10.0 Å². The van der Waals surface area contributed by atoms with Crippen LogP contribution < -0.4 is 10.0 Å². The molecule has 0 bridgehead atoms. The van der Waals surface area contributed by atoms with Crippen LogP contribution in [0.2, 0.25) is 0 Å². The Balaban J connectivity index is 2.31. The average molecular weight is 324 g/mol. The molecule has 5 heteroatoms. The number of rotatable bonds is 4. The van der Waals surface area contributed by atoms with E-state index >= 15 is 0 Å². The highest BCUT2D eigenvalue weighted by molar-refractivity contribution is 7.89. The number of sulfonamides is 1. The normalized spacial score (nSPS) is 20.9. The Bertz CT molecular complexity index is 621. The largest absolute Gasteiger partial charge is 0.316 e. The molecule has 1 aromatic carbocycles. The van der Waals surface area contributed by atoms with Gasteiger partial charge in [-0.2, -0.15) is 0 Å². The van der Waals surface area contributed by atoms with E-state index in [-0.39, 0.29) is 6.04 Å². The molecule has 0 radical (unpaired) electrons. The van der Waals surface area contributed by atoms with Crippen molar-refractivity contribution in [3.8, 4) is 0 Å². The number of nitrogens with one attached hydrogen (secondary N) is 2. The number of aryl methyl sites for hydroxylation is 2. The highest BCUT2D eigenvalue weighted by Crippen LogP contribution is 2.27. The van der Waals surface area contributed by atoms with Crippen LogP contribution in [0.3, 0.4) is 0 Å². The van der Waals surface area contributed by atoms with Crippen LogP contribution in [0.5, 0.6) is 0 Å². The topological polar surface area (TPSA) is 58.2 Å². The highest BCUT2D eigenvalue weighted by atomic mass is 32.2. The van der Waals surface area contributed by atoms with Crippen molar-refractivity contribution in [3.05, 3.63) is 28.3 Å². The lowest BCUT2D eigenvalue weighted by molar-refractivity contribution is 0.320. The van der Waals surface area contributed by atoms with Gasteiger partial charge < -0.3 is 5.32 Å². The minimum atomic E-state index is -3.49. The SMILES string of the molecule is Cc1cc(C)c(C)c(S(=O)(=O)NC(C)C2CCCNC2)c1C. The van der Waals surface area contributed by atoms with Gasteiger partial charge in [0.2, 0.25) is 10.0 Å². The minimum absolute atomic E-state index is 0.0579. The summed E-state index contributed by atoms with van der Waals surface area (Å²) in [5.74, 6) is 0.357. The molecule has 22 heavy (non-hydrogen) atoms. The molecule has 0 amide bonds. The molecule has 1 fully saturated rings. The summed E-state index contributed by atoms with van der Waals surface area (Å²) < 4.78 is 28.7. The van der Waals surface area contributed by atoms with Gasteiger partial charge in [0.05, 0.1) is 4.90 Å². The fraction of sp³-hybridized carbons (Fsp3) is 0.647. The average Bonchev–Trinajstić information content (AvgIpc) is 2.45. The third kappa shape index (κ3) is 3.53. The first kappa shape index (κ1) is 17.4. The van der Waals surface area contributed by atoms with E-state index in [2.05, 4.69) is 16.1 Å². The van der Waals surface area contributed by atoms with Crippen LogP contribution in [-0.4, -0.2) is 27.5 Å². The molecule has 1 aromatic rings. The second kappa shape index (κ2) is 6.69. The van der Waals surface area contributed by atoms with E-state index in [4.69, 9.17) is 0 Å². The Morgan fingerprint density at radius 2 is 1.77 bits per heavy atom. The molecule has 1 heterocycles. The maximum atomic E-state index is 12.9. The van der Waals surface area contributed by atoms with Gasteiger partial charge in [-0.25, -0.2) is 13.1 Å². The van der Waals surface area contributed by atoms with Crippen molar-refractivity contribution in [3.63, 3.8) is 0 Å². The Morgan fingerprint density at radius 3 is 2.27 bits per heavy atom. The maximum Gasteiger partial charge on any atom is 0.241 e. The second-order valence-corrected chi connectivity index (χ2v) is 8.26. The van der Waals surface area contributed by atoms with E-state index in [1.54, 1.807) is 0 Å². The van der Waals surface area contributed by atoms with Crippen LogP contribution >= 0.6 is 0 Å². The maximum absolute atomic E-state index is 12.9. The Morgan fingerprint density at radius 1 is 1.18 bits per heavy atom. The van der Waals surface area contributed by atoms with Crippen molar-refractivity contribution in [2.75, 3.05) is 13.1 Å². The van der Waals surface area contributed by atoms with Gasteiger partial charge >= 0.3 is 0 Å². The van der Waals surface area contributed by atoms with E-state index in [1.807, 2.05) is 34.6 Å². The van der Waals surface area contributed by atoms with Gasteiger partial charge in [0.1, 0.15) is 0 Å². The van der Waals surface area contributed by atoms with Gasteiger partial charge in [-0.05, 0) is 88.7 Å². The first-order valence-corrected chi connectivity index (χ1v) is 9.53. The lowest BCUT2D eigenvalue weighted by Crippen LogP contribution is -2.44. The molecule has 1 aliphatic rings. The predicted molar refractivity (Wildman–Crippen MR) is 90.8 cm³/mol. The fourth-order valence-corrected chi connectivity index (χ4v) is 5.22. The van der Waals surface area contributed by atoms with Crippen LogP contribution in [-0.2, 0) is 10.0 Å². The molecule has 0 saturated carbocycles. The Kier molecular flexibility index (Phi) is 5.30. The third-order valence-corrected chi connectivity index (χ3v) is 6.78. The number of hydrogen-bond donors (Lipinski definition) is 2. The van der Waals surface area contributed by atoms with Crippen LogP contribution in [0.25, 0.3) is 0 Å². The fourth-order valence-electron chi connectivity index (χ4n) is 3.29. The van der Waals surface area contributed by atoms with Gasteiger partial charge in [-0.3, -0.25) is 0 Å². The van der Waals surface area contributed by atoms with Crippen LogP contribution in [0.1, 0.15) is 42.0 Å². The van der Waals surface area contributed by atoms with E-state index in [0.29, 0.717) is 10.8 Å². The van der Waals surface area contributed by atoms with Gasteiger partial charge in [-0.15, -0.1) is 0 Å². The van der Waals surface area contributed by atoms with Crippen molar-refractivity contribution in [2.45, 2.75) is 58.4 Å². The zero-order chi connectivity index (χ0) is 16.5. The number of piperidine rings is 1. The second-order valence-electron chi connectivity index (χ2n) is 6.61. The van der Waals surface area contributed by atoms with Gasteiger partial charge in [-0.1, -0.05) is 6.07 Å². The van der Waals surface area contributed by atoms with Gasteiger partial charge in [0, 0.05) is 6.04 Å². The summed E-state index contributed by atoms with van der Waals surface area (Å²) in [6.45, 7) is 11.6. The summed E-state index contributed by atoms with van der Waals surface area (Å²) in [5.41, 5.74) is 3.75. The lowest BCUT2D eigenvalue weighted by Gasteiger charge is -2.29. The minimum Gasteiger partial charge on any atom is -0.316 e. The van der Waals surface area contributed by atoms with Crippen LogP contribution in [0.4, 0.5) is 0 Å². The predicted octanol–water partition coefficient (Wildman–Crippen LogP) is 2.59. The molecular weight excluding hydrogens is 296 g/mol. The van der Waals surface area contributed by atoms with E-state index < -0.39 is 10.0 Å². The molecule has 1 aliphatic heterocycles. The van der Waals surface area contributed by atoms with Gasteiger partial charge in [0.25, 0.3) is 0 Å². The van der Waals surface area contributed by atoms with E-state index in [9.17, 15) is 8.42 Å². The standard InChI is InChI=1S/C17H28N2O2S/c1-11-9-12(2)14(4)17(13(11)3)22(20,21)19-15(5)16-7-6-8-18-10-16/h9,15-16,18-19H,6-8,10H2,1-5H3. The molecular formula is C17H28N2O2S. The molecule has 2 rings (SSSR count). The van der Waals surface area contributed by atoms with Crippen LogP contribution in [0.15, 0.2) is 11.0 Å². The van der Waals surface area contributed by atoms with Gasteiger partial charge in [0.15, 0.2) is 0 Å². The number of benzene rings is 1. The van der Waals surface area contributed by atoms with Crippen molar-refractivity contribution in [1.82, 2.24) is 10.0 Å². The summed E-state index contributed by atoms with van der Waals surface area (Å²) in [6, 6.07) is 2.00. The lowest BCUT2D eigenvalue weighted by atomic mass is 9.94. The highest BCUT2D eigenvalue weighted by Gasteiger charge is 2.28. The molecule has 0 aliphatic carbocycles. The smallest absolute Gasteiger partial charge is 0.241 e. The third-order valence-electron chi connectivity index (χ3n) is 4.95. The molecule has 0 aromatic heterocycles. The quantitative estimate of drug-likeness (QED) is 0.895. The summed E-state index contributed by atoms with van der Waals surface area (Å²) in [5, 5.41) is 3.35. The van der Waals surface area contributed by atoms with E-state index in [1.165, 1.54) is 0 Å². The number of hydrogen-bond acceptors (Lipinski definition) is 3.